The Morgan fingerprint density at radius 3 is 2.52 bits per heavy atom. The molecule has 2 fully saturated rings. The third kappa shape index (κ3) is 4.04. The maximum absolute atomic E-state index is 13.1. The third-order valence-corrected chi connectivity index (χ3v) is 5.98. The van der Waals surface area contributed by atoms with Gasteiger partial charge in [0.05, 0.1) is 23.6 Å². The fourth-order valence-corrected chi connectivity index (χ4v) is 4.24. The molecule has 0 bridgehead atoms. The molecule has 29 heavy (non-hydrogen) atoms. The van der Waals surface area contributed by atoms with Gasteiger partial charge < -0.3 is 10.2 Å². The predicted molar refractivity (Wildman–Crippen MR) is 113 cm³/mol. The van der Waals surface area contributed by atoms with Crippen molar-refractivity contribution in [1.29, 1.82) is 0 Å². The summed E-state index contributed by atoms with van der Waals surface area (Å²) in [5, 5.41) is 4.70. The van der Waals surface area contributed by atoms with E-state index in [0.29, 0.717) is 19.6 Å². The lowest BCUT2D eigenvalue weighted by atomic mass is 9.84. The Kier molecular flexibility index (Phi) is 5.65. The average Bonchev–Trinajstić information content (AvgIpc) is 3.09. The molecule has 2 amide bonds. The molecule has 2 aliphatic rings. The molecule has 2 aromatic rings. The van der Waals surface area contributed by atoms with Crippen LogP contribution in [0.5, 0.6) is 0 Å². The highest BCUT2D eigenvalue weighted by Crippen LogP contribution is 2.31. The summed E-state index contributed by atoms with van der Waals surface area (Å²) in [6.07, 6.45) is 0. The first-order chi connectivity index (χ1) is 14.1. The molecule has 2 aliphatic heterocycles. The summed E-state index contributed by atoms with van der Waals surface area (Å²) in [7, 11) is 0. The number of carbonyl (C=O) groups is 2. The van der Waals surface area contributed by atoms with Crippen LogP contribution in [-0.4, -0.2) is 42.4 Å². The van der Waals surface area contributed by atoms with Gasteiger partial charge in [-0.15, -0.1) is 0 Å². The molecule has 3 atom stereocenters. The lowest BCUT2D eigenvalue weighted by Gasteiger charge is -2.37. The van der Waals surface area contributed by atoms with Crippen LogP contribution in [0.4, 0.5) is 5.69 Å². The first-order valence-corrected chi connectivity index (χ1v) is 10.3. The van der Waals surface area contributed by atoms with Crippen molar-refractivity contribution in [3.05, 3.63) is 65.7 Å². The zero-order chi connectivity index (χ0) is 20.4. The van der Waals surface area contributed by atoms with Crippen molar-refractivity contribution in [2.75, 3.05) is 24.6 Å². The fraction of sp³-hybridized carbons (Fsp3) is 0.391. The van der Waals surface area contributed by atoms with Crippen molar-refractivity contribution < 1.29 is 9.59 Å². The Morgan fingerprint density at radius 2 is 1.83 bits per heavy atom. The average molecular weight is 393 g/mol. The number of likely N-dealkylation sites (tertiary alicyclic amines) is 1. The monoisotopic (exact) mass is 392 g/mol. The molecule has 4 rings (SSSR count). The molecule has 0 saturated carbocycles. The normalized spacial score (nSPS) is 24.4. The number of hydrogen-bond acceptors (Lipinski definition) is 4. The molecule has 0 radical (unpaired) electrons. The summed E-state index contributed by atoms with van der Waals surface area (Å²) >= 11 is 0. The van der Waals surface area contributed by atoms with Crippen LogP contribution in [0.2, 0.25) is 0 Å². The van der Waals surface area contributed by atoms with Gasteiger partial charge in [0, 0.05) is 19.6 Å². The van der Waals surface area contributed by atoms with Crippen LogP contribution in [0.3, 0.4) is 0 Å². The van der Waals surface area contributed by atoms with E-state index in [-0.39, 0.29) is 29.7 Å². The van der Waals surface area contributed by atoms with Gasteiger partial charge in [0.2, 0.25) is 11.8 Å². The molecule has 6 nitrogen and oxygen atoms in total. The summed E-state index contributed by atoms with van der Waals surface area (Å²) in [6, 6.07) is 17.5. The minimum Gasteiger partial charge on any atom is -0.352 e. The van der Waals surface area contributed by atoms with Crippen molar-refractivity contribution in [1.82, 2.24) is 15.6 Å². The van der Waals surface area contributed by atoms with E-state index in [1.165, 1.54) is 5.56 Å². The number of anilines is 1. The maximum atomic E-state index is 13.1. The highest BCUT2D eigenvalue weighted by Gasteiger charge is 2.50. The van der Waals surface area contributed by atoms with Crippen LogP contribution >= 0.6 is 0 Å². The van der Waals surface area contributed by atoms with Gasteiger partial charge in [0.15, 0.2) is 0 Å². The predicted octanol–water partition coefficient (Wildman–Crippen LogP) is 2.10. The number of hydrazine groups is 1. The molecule has 6 heteroatoms. The second-order valence-corrected chi connectivity index (χ2v) is 7.93. The number of benzene rings is 2. The molecule has 2 saturated heterocycles. The molecule has 0 spiro atoms. The quantitative estimate of drug-likeness (QED) is 0.818. The Balaban J connectivity index is 1.50. The summed E-state index contributed by atoms with van der Waals surface area (Å²) < 4.78 is 0. The number of piperidine rings is 1. The number of rotatable bonds is 5. The van der Waals surface area contributed by atoms with Gasteiger partial charge in [0.25, 0.3) is 0 Å². The highest BCUT2D eigenvalue weighted by molar-refractivity contribution is 5.98. The van der Waals surface area contributed by atoms with Crippen molar-refractivity contribution >= 4 is 17.5 Å². The Morgan fingerprint density at radius 1 is 1.10 bits per heavy atom. The zero-order valence-electron chi connectivity index (χ0n) is 17.0. The molecule has 0 aliphatic carbocycles. The molecular weight excluding hydrogens is 364 g/mol. The number of nitrogens with one attached hydrogen (secondary N) is 2. The zero-order valence-corrected chi connectivity index (χ0v) is 17.0. The molecule has 2 aromatic carbocycles. The van der Waals surface area contributed by atoms with E-state index < -0.39 is 0 Å². The van der Waals surface area contributed by atoms with Crippen molar-refractivity contribution in [2.24, 2.45) is 11.8 Å². The minimum absolute atomic E-state index is 0.00561. The maximum Gasteiger partial charge on any atom is 0.247 e. The molecule has 2 heterocycles. The Bertz CT molecular complexity index is 868. The molecule has 2 N–H and O–H groups in total. The number of hydrogen-bond donors (Lipinski definition) is 2. The molecule has 152 valence electrons. The van der Waals surface area contributed by atoms with Crippen molar-refractivity contribution in [2.45, 2.75) is 26.4 Å². The van der Waals surface area contributed by atoms with Crippen LogP contribution in [0.25, 0.3) is 0 Å². The second kappa shape index (κ2) is 8.35. The fourth-order valence-electron chi connectivity index (χ4n) is 4.24. The molecule has 3 unspecified atom stereocenters. The third-order valence-electron chi connectivity index (χ3n) is 5.98. The van der Waals surface area contributed by atoms with Gasteiger partial charge in [0.1, 0.15) is 0 Å². The Hall–Kier alpha value is -2.70. The SMILES string of the molecule is CCN1CC(C(=O)NCc2ccc(C)cc2)C2NN(c3ccccc3)C(=O)C2C1. The van der Waals surface area contributed by atoms with E-state index in [4.69, 9.17) is 0 Å². The van der Waals surface area contributed by atoms with E-state index in [1.54, 1.807) is 5.01 Å². The standard InChI is InChI=1S/C23H28N4O2/c1-3-26-14-19(22(28)24-13-17-11-9-16(2)10-12-17)21-20(15-26)23(29)27(25-21)18-7-5-4-6-8-18/h4-12,19-21,25H,3,13-15H2,1-2H3,(H,24,28). The molecular formula is C23H28N4O2. The second-order valence-electron chi connectivity index (χ2n) is 7.93. The van der Waals surface area contributed by atoms with Gasteiger partial charge >= 0.3 is 0 Å². The number of carbonyl (C=O) groups excluding carboxylic acids is 2. The van der Waals surface area contributed by atoms with Crippen LogP contribution in [-0.2, 0) is 16.1 Å². The number of para-hydroxylation sites is 1. The van der Waals surface area contributed by atoms with Crippen molar-refractivity contribution in [3.8, 4) is 0 Å². The Labute approximate surface area is 171 Å². The smallest absolute Gasteiger partial charge is 0.247 e. The summed E-state index contributed by atoms with van der Waals surface area (Å²) in [4.78, 5) is 28.4. The largest absolute Gasteiger partial charge is 0.352 e. The van der Waals surface area contributed by atoms with E-state index in [0.717, 1.165) is 17.8 Å². The van der Waals surface area contributed by atoms with E-state index in [1.807, 2.05) is 61.5 Å². The number of nitrogens with zero attached hydrogens (tertiary/aromatic N) is 2. The van der Waals surface area contributed by atoms with Crippen LogP contribution < -0.4 is 15.8 Å². The number of fused-ring (bicyclic) bond motifs is 1. The lowest BCUT2D eigenvalue weighted by Crippen LogP contribution is -2.56. The lowest BCUT2D eigenvalue weighted by molar-refractivity contribution is -0.129. The van der Waals surface area contributed by atoms with Crippen LogP contribution in [0, 0.1) is 18.8 Å². The van der Waals surface area contributed by atoms with E-state index in [2.05, 4.69) is 22.6 Å². The number of amides is 2. The summed E-state index contributed by atoms with van der Waals surface area (Å²) in [5.74, 6) is -0.472. The highest BCUT2D eigenvalue weighted by atomic mass is 16.2. The first kappa shape index (κ1) is 19.6. The van der Waals surface area contributed by atoms with Gasteiger partial charge in [-0.3, -0.25) is 9.59 Å². The van der Waals surface area contributed by atoms with Gasteiger partial charge in [-0.1, -0.05) is 55.0 Å². The van der Waals surface area contributed by atoms with E-state index in [9.17, 15) is 9.59 Å². The van der Waals surface area contributed by atoms with Gasteiger partial charge in [-0.2, -0.15) is 0 Å². The number of aryl methyl sites for hydroxylation is 1. The minimum atomic E-state index is -0.281. The first-order valence-electron chi connectivity index (χ1n) is 10.3. The summed E-state index contributed by atoms with van der Waals surface area (Å²) in [5.41, 5.74) is 6.42. The topological polar surface area (TPSA) is 64.7 Å². The van der Waals surface area contributed by atoms with E-state index >= 15 is 0 Å². The van der Waals surface area contributed by atoms with Crippen LogP contribution in [0.1, 0.15) is 18.1 Å². The van der Waals surface area contributed by atoms with Crippen LogP contribution in [0.15, 0.2) is 54.6 Å². The molecule has 0 aromatic heterocycles. The summed E-state index contributed by atoms with van der Waals surface area (Å²) in [6.45, 7) is 6.77. The van der Waals surface area contributed by atoms with Gasteiger partial charge in [-0.05, 0) is 31.2 Å². The van der Waals surface area contributed by atoms with Crippen molar-refractivity contribution in [3.63, 3.8) is 0 Å². The van der Waals surface area contributed by atoms with Gasteiger partial charge in [-0.25, -0.2) is 10.4 Å².